The van der Waals surface area contributed by atoms with Crippen molar-refractivity contribution in [2.24, 2.45) is 5.92 Å². The van der Waals surface area contributed by atoms with E-state index in [1.54, 1.807) is 27.8 Å². The van der Waals surface area contributed by atoms with Gasteiger partial charge in [-0.05, 0) is 51.7 Å². The van der Waals surface area contributed by atoms with Crippen molar-refractivity contribution in [2.45, 2.75) is 44.1 Å². The molecule has 1 aliphatic rings. The van der Waals surface area contributed by atoms with Gasteiger partial charge in [0.15, 0.2) is 5.82 Å². The van der Waals surface area contributed by atoms with Crippen molar-refractivity contribution in [3.63, 3.8) is 0 Å². The zero-order valence-electron chi connectivity index (χ0n) is 16.0. The molecule has 0 radical (unpaired) electrons. The van der Waals surface area contributed by atoms with Gasteiger partial charge in [-0.1, -0.05) is 17.7 Å². The number of halogens is 2. The largest absolute Gasteiger partial charge is 0.444 e. The Balaban J connectivity index is 2.09. The lowest BCUT2D eigenvalue weighted by Gasteiger charge is -2.34. The molecule has 0 saturated carbocycles. The first kappa shape index (κ1) is 21.9. The first-order chi connectivity index (χ1) is 12.4. The van der Waals surface area contributed by atoms with E-state index in [2.05, 4.69) is 0 Å². The van der Waals surface area contributed by atoms with Gasteiger partial charge >= 0.3 is 6.09 Å². The van der Waals surface area contributed by atoms with Gasteiger partial charge in [-0.2, -0.15) is 4.31 Å². The maximum atomic E-state index is 14.2. The summed E-state index contributed by atoms with van der Waals surface area (Å²) in [5, 5.41) is -0.228. The number of hydrogen-bond acceptors (Lipinski definition) is 4. The smallest absolute Gasteiger partial charge is 0.410 e. The van der Waals surface area contributed by atoms with Crippen LogP contribution in [-0.2, 0) is 14.8 Å². The van der Waals surface area contributed by atoms with Crippen LogP contribution in [-0.4, -0.2) is 56.0 Å². The maximum Gasteiger partial charge on any atom is 0.410 e. The second kappa shape index (κ2) is 8.32. The number of rotatable bonds is 4. The highest BCUT2D eigenvalue weighted by Crippen LogP contribution is 2.28. The zero-order chi connectivity index (χ0) is 20.4. The highest BCUT2D eigenvalue weighted by atomic mass is 35.5. The third kappa shape index (κ3) is 5.56. The Morgan fingerprint density at radius 3 is 2.70 bits per heavy atom. The van der Waals surface area contributed by atoms with Gasteiger partial charge in [-0.3, -0.25) is 0 Å². The maximum absolute atomic E-state index is 14.2. The number of sulfonamides is 1. The monoisotopic (exact) mass is 420 g/mol. The quantitative estimate of drug-likeness (QED) is 0.744. The Bertz CT molecular complexity index is 795. The van der Waals surface area contributed by atoms with Gasteiger partial charge in [0.05, 0.1) is 5.02 Å². The van der Waals surface area contributed by atoms with Crippen molar-refractivity contribution < 1.29 is 22.3 Å². The van der Waals surface area contributed by atoms with Crippen LogP contribution >= 0.6 is 11.6 Å². The summed E-state index contributed by atoms with van der Waals surface area (Å²) < 4.78 is 46.5. The minimum Gasteiger partial charge on any atom is -0.444 e. The van der Waals surface area contributed by atoms with Gasteiger partial charge in [0.1, 0.15) is 10.5 Å². The van der Waals surface area contributed by atoms with Crippen molar-refractivity contribution in [3.8, 4) is 0 Å². The van der Waals surface area contributed by atoms with E-state index in [-0.39, 0.29) is 17.5 Å². The van der Waals surface area contributed by atoms with Gasteiger partial charge < -0.3 is 9.64 Å². The molecule has 0 N–H and O–H groups in total. The minimum atomic E-state index is -3.99. The Morgan fingerprint density at radius 2 is 2.07 bits per heavy atom. The van der Waals surface area contributed by atoms with E-state index >= 15 is 0 Å². The third-order valence-corrected chi connectivity index (χ3v) is 6.43. The second-order valence-corrected chi connectivity index (χ2v) is 10.1. The lowest BCUT2D eigenvalue weighted by molar-refractivity contribution is 0.0258. The standard InChI is InChI=1S/C18H26ClFN2O4S/c1-18(2,3)26-17(23)21(4)11-13-7-6-10-22(12-13)27(24,25)15-9-5-8-14(19)16(15)20/h5,8-9,13H,6-7,10-12H2,1-4H3. The van der Waals surface area contributed by atoms with Crippen LogP contribution in [0.2, 0.25) is 5.02 Å². The highest BCUT2D eigenvalue weighted by molar-refractivity contribution is 7.89. The van der Waals surface area contributed by atoms with Crippen LogP contribution in [0.5, 0.6) is 0 Å². The van der Waals surface area contributed by atoms with Crippen LogP contribution in [0.1, 0.15) is 33.6 Å². The fourth-order valence-corrected chi connectivity index (χ4v) is 4.89. The molecule has 1 saturated heterocycles. The number of nitrogens with zero attached hydrogens (tertiary/aromatic N) is 2. The molecule has 1 atom stereocenters. The summed E-state index contributed by atoms with van der Waals surface area (Å²) in [5.74, 6) is -1.000. The molecule has 1 aromatic rings. The van der Waals surface area contributed by atoms with Gasteiger partial charge in [0.25, 0.3) is 0 Å². The van der Waals surface area contributed by atoms with E-state index in [1.807, 2.05) is 0 Å². The molecule has 27 heavy (non-hydrogen) atoms. The molecule has 0 spiro atoms. The van der Waals surface area contributed by atoms with E-state index in [4.69, 9.17) is 16.3 Å². The summed E-state index contributed by atoms with van der Waals surface area (Å²) in [6.07, 6.45) is 0.953. The van der Waals surface area contributed by atoms with Gasteiger partial charge in [-0.25, -0.2) is 17.6 Å². The molecule has 1 amide bonds. The fraction of sp³-hybridized carbons (Fsp3) is 0.611. The highest BCUT2D eigenvalue weighted by Gasteiger charge is 2.33. The zero-order valence-corrected chi connectivity index (χ0v) is 17.6. The van der Waals surface area contributed by atoms with Crippen molar-refractivity contribution in [1.29, 1.82) is 0 Å². The molecule has 9 heteroatoms. The number of carbonyl (C=O) groups excluding carboxylic acids is 1. The molecule has 1 aromatic carbocycles. The average molecular weight is 421 g/mol. The molecule has 6 nitrogen and oxygen atoms in total. The predicted molar refractivity (Wildman–Crippen MR) is 102 cm³/mol. The molecular weight excluding hydrogens is 395 g/mol. The molecule has 1 unspecified atom stereocenters. The summed E-state index contributed by atoms with van der Waals surface area (Å²) in [7, 11) is -2.37. The van der Waals surface area contributed by atoms with Crippen molar-refractivity contribution >= 4 is 27.7 Å². The van der Waals surface area contributed by atoms with E-state index in [0.29, 0.717) is 19.5 Å². The lowest BCUT2D eigenvalue weighted by Crippen LogP contribution is -2.45. The van der Waals surface area contributed by atoms with E-state index in [9.17, 15) is 17.6 Å². The molecule has 152 valence electrons. The van der Waals surface area contributed by atoms with Crippen molar-refractivity contribution in [1.82, 2.24) is 9.21 Å². The van der Waals surface area contributed by atoms with Crippen molar-refractivity contribution in [2.75, 3.05) is 26.7 Å². The summed E-state index contributed by atoms with van der Waals surface area (Å²) >= 11 is 5.73. The average Bonchev–Trinajstić information content (AvgIpc) is 2.56. The number of piperidine rings is 1. The molecular formula is C18H26ClFN2O4S. The summed E-state index contributed by atoms with van der Waals surface area (Å²) in [6.45, 7) is 6.23. The first-order valence-corrected chi connectivity index (χ1v) is 10.6. The Hall–Kier alpha value is -1.38. The second-order valence-electron chi connectivity index (χ2n) is 7.78. The normalized spacial score (nSPS) is 19.0. The Morgan fingerprint density at radius 1 is 1.41 bits per heavy atom. The molecule has 1 heterocycles. The molecule has 0 aromatic heterocycles. The molecule has 0 aliphatic carbocycles. The topological polar surface area (TPSA) is 66.9 Å². The number of benzene rings is 1. The molecule has 1 fully saturated rings. The number of ether oxygens (including phenoxy) is 1. The van der Waals surface area contributed by atoms with Gasteiger partial charge in [-0.15, -0.1) is 0 Å². The van der Waals surface area contributed by atoms with Gasteiger partial charge in [0.2, 0.25) is 10.0 Å². The Labute approximate surface area is 165 Å². The summed E-state index contributed by atoms with van der Waals surface area (Å²) in [5.41, 5.74) is -0.600. The fourth-order valence-electron chi connectivity index (χ4n) is 3.02. The van der Waals surface area contributed by atoms with Crippen LogP contribution in [0.15, 0.2) is 23.1 Å². The number of hydrogen-bond donors (Lipinski definition) is 0. The lowest BCUT2D eigenvalue weighted by atomic mass is 9.99. The van der Waals surface area contributed by atoms with Gasteiger partial charge in [0, 0.05) is 26.7 Å². The van der Waals surface area contributed by atoms with E-state index in [1.165, 1.54) is 27.4 Å². The third-order valence-electron chi connectivity index (χ3n) is 4.25. The van der Waals surface area contributed by atoms with Crippen LogP contribution in [0.3, 0.4) is 0 Å². The number of amides is 1. The molecule has 2 rings (SSSR count). The minimum absolute atomic E-state index is 0.0618. The van der Waals surface area contributed by atoms with E-state index < -0.39 is 32.4 Å². The number of carbonyl (C=O) groups is 1. The molecule has 1 aliphatic heterocycles. The van der Waals surface area contributed by atoms with Crippen LogP contribution in [0, 0.1) is 11.7 Å². The SMILES string of the molecule is CN(CC1CCCN(S(=O)(=O)c2cccc(Cl)c2F)C1)C(=O)OC(C)(C)C. The van der Waals surface area contributed by atoms with Crippen LogP contribution in [0.25, 0.3) is 0 Å². The van der Waals surface area contributed by atoms with Crippen molar-refractivity contribution in [3.05, 3.63) is 29.0 Å². The van der Waals surface area contributed by atoms with Crippen LogP contribution in [0.4, 0.5) is 9.18 Å². The first-order valence-electron chi connectivity index (χ1n) is 8.80. The van der Waals surface area contributed by atoms with Crippen LogP contribution < -0.4 is 0 Å². The Kier molecular flexibility index (Phi) is 6.76. The molecule has 0 bridgehead atoms. The van der Waals surface area contributed by atoms with E-state index in [0.717, 1.165) is 6.42 Å². The summed E-state index contributed by atoms with van der Waals surface area (Å²) in [4.78, 5) is 13.2. The summed E-state index contributed by atoms with van der Waals surface area (Å²) in [6, 6.07) is 3.94. The predicted octanol–water partition coefficient (Wildman–Crippen LogP) is 3.75.